The van der Waals surface area contributed by atoms with Gasteiger partial charge in [-0.3, -0.25) is 9.69 Å². The Morgan fingerprint density at radius 2 is 1.65 bits per heavy atom. The highest BCUT2D eigenvalue weighted by Gasteiger charge is 2.40. The lowest BCUT2D eigenvalue weighted by atomic mass is 9.83. The summed E-state index contributed by atoms with van der Waals surface area (Å²) in [5, 5.41) is 0. The fourth-order valence-electron chi connectivity index (χ4n) is 6.47. The van der Waals surface area contributed by atoms with E-state index >= 15 is 0 Å². The fourth-order valence-corrected chi connectivity index (χ4v) is 8.55. The molecule has 5 aliphatic rings. The topological polar surface area (TPSA) is 82.6 Å². The zero-order chi connectivity index (χ0) is 26.2. The van der Waals surface area contributed by atoms with Crippen molar-refractivity contribution in [3.8, 4) is 5.75 Å². The average Bonchev–Trinajstić information content (AvgIpc) is 3.73. The Balaban J connectivity index is 1.10. The smallest absolute Gasteiger partial charge is 0.248 e. The average molecular weight is 535 g/mol. The highest BCUT2D eigenvalue weighted by atomic mass is 32.2. The molecule has 1 amide bonds. The number of carbonyl (C=O) groups is 1. The monoisotopic (exact) mass is 534 g/mol. The Morgan fingerprint density at radius 1 is 1.00 bits per heavy atom. The molecule has 206 valence electrons. The second-order valence-electron chi connectivity index (χ2n) is 11.1. The number of benzene rings is 1. The van der Waals surface area contributed by atoms with Crippen molar-refractivity contribution in [3.63, 3.8) is 0 Å². The van der Waals surface area contributed by atoms with E-state index in [2.05, 4.69) is 9.80 Å². The van der Waals surface area contributed by atoms with Gasteiger partial charge in [0.1, 0.15) is 12.4 Å². The summed E-state index contributed by atoms with van der Waals surface area (Å²) in [6.07, 6.45) is 4.33. The fraction of sp³-hybridized carbons (Fsp3) is 0.741. The number of piperidine rings is 3. The minimum atomic E-state index is -3.67. The van der Waals surface area contributed by atoms with Crippen molar-refractivity contribution in [3.05, 3.63) is 23.3 Å². The molecule has 1 saturated carbocycles. The van der Waals surface area contributed by atoms with Crippen LogP contribution in [-0.4, -0.2) is 118 Å². The number of rotatable bonds is 10. The highest BCUT2D eigenvalue weighted by molar-refractivity contribution is 7.89. The van der Waals surface area contributed by atoms with Gasteiger partial charge in [-0.25, -0.2) is 8.42 Å². The van der Waals surface area contributed by atoms with Gasteiger partial charge in [0, 0.05) is 51.4 Å². The van der Waals surface area contributed by atoms with Crippen LogP contribution < -0.4 is 4.74 Å². The SMILES string of the molecule is COc1cc(C)c(S(=O)(=O)N(CCOCC(=O)N2CCN(C3CN4CCC3CC4)CC2)C2CC2)c(C)c1. The molecule has 0 spiro atoms. The first-order chi connectivity index (χ1) is 17.8. The van der Waals surface area contributed by atoms with Gasteiger partial charge in [0.15, 0.2) is 0 Å². The number of fused-ring (bicyclic) bond motifs is 3. The van der Waals surface area contributed by atoms with E-state index in [0.717, 1.165) is 44.9 Å². The molecule has 1 unspecified atom stereocenters. The van der Waals surface area contributed by atoms with Crippen LogP contribution >= 0.6 is 0 Å². The number of carbonyl (C=O) groups excluding carboxylic acids is 1. The number of hydrogen-bond acceptors (Lipinski definition) is 7. The number of ether oxygens (including phenoxy) is 2. The Labute approximate surface area is 221 Å². The molecule has 1 atom stereocenters. The number of methoxy groups -OCH3 is 1. The van der Waals surface area contributed by atoms with E-state index in [1.54, 1.807) is 37.4 Å². The van der Waals surface area contributed by atoms with Gasteiger partial charge in [0.05, 0.1) is 18.6 Å². The number of aryl methyl sites for hydroxylation is 2. The number of amides is 1. The lowest BCUT2D eigenvalue weighted by Gasteiger charge is -2.51. The van der Waals surface area contributed by atoms with E-state index in [0.29, 0.717) is 27.8 Å². The van der Waals surface area contributed by atoms with E-state index in [4.69, 9.17) is 9.47 Å². The van der Waals surface area contributed by atoms with E-state index in [-0.39, 0.29) is 31.7 Å². The summed E-state index contributed by atoms with van der Waals surface area (Å²) in [5.41, 5.74) is 1.35. The molecule has 4 saturated heterocycles. The lowest BCUT2D eigenvalue weighted by molar-refractivity contribution is -0.139. The van der Waals surface area contributed by atoms with Crippen molar-refractivity contribution >= 4 is 15.9 Å². The molecular weight excluding hydrogens is 492 g/mol. The lowest BCUT2D eigenvalue weighted by Crippen LogP contribution is -2.61. The highest BCUT2D eigenvalue weighted by Crippen LogP contribution is 2.35. The molecule has 0 radical (unpaired) electrons. The van der Waals surface area contributed by atoms with E-state index in [1.165, 1.54) is 32.5 Å². The molecule has 4 aliphatic heterocycles. The Morgan fingerprint density at radius 3 is 2.19 bits per heavy atom. The predicted octanol–water partition coefficient (Wildman–Crippen LogP) is 1.72. The largest absolute Gasteiger partial charge is 0.497 e. The van der Waals surface area contributed by atoms with Crippen molar-refractivity contribution in [2.75, 3.05) is 72.7 Å². The van der Waals surface area contributed by atoms with Gasteiger partial charge in [0.25, 0.3) is 0 Å². The van der Waals surface area contributed by atoms with Crippen LogP contribution in [0.4, 0.5) is 0 Å². The van der Waals surface area contributed by atoms with Gasteiger partial charge >= 0.3 is 0 Å². The maximum Gasteiger partial charge on any atom is 0.248 e. The van der Waals surface area contributed by atoms with Crippen molar-refractivity contribution in [1.29, 1.82) is 0 Å². The maximum atomic E-state index is 13.6. The maximum absolute atomic E-state index is 13.6. The van der Waals surface area contributed by atoms with Crippen molar-refractivity contribution in [2.45, 2.75) is 56.5 Å². The van der Waals surface area contributed by atoms with Gasteiger partial charge < -0.3 is 19.3 Å². The first-order valence-electron chi connectivity index (χ1n) is 13.8. The quantitative estimate of drug-likeness (QED) is 0.423. The summed E-state index contributed by atoms with van der Waals surface area (Å²) in [6, 6.07) is 4.17. The first-order valence-corrected chi connectivity index (χ1v) is 15.2. The van der Waals surface area contributed by atoms with Gasteiger partial charge in [-0.05, 0) is 81.8 Å². The van der Waals surface area contributed by atoms with Gasteiger partial charge in [-0.2, -0.15) is 4.31 Å². The molecule has 5 fully saturated rings. The van der Waals surface area contributed by atoms with Gasteiger partial charge in [-0.15, -0.1) is 0 Å². The van der Waals surface area contributed by atoms with E-state index < -0.39 is 10.0 Å². The number of sulfonamides is 1. The summed E-state index contributed by atoms with van der Waals surface area (Å²) < 4.78 is 39.8. The van der Waals surface area contributed by atoms with Crippen molar-refractivity contribution < 1.29 is 22.7 Å². The Hall–Kier alpha value is -1.72. The third-order valence-electron chi connectivity index (χ3n) is 8.63. The molecule has 0 N–H and O–H groups in total. The van der Waals surface area contributed by atoms with Gasteiger partial charge in [-0.1, -0.05) is 0 Å². The van der Waals surface area contributed by atoms with Crippen molar-refractivity contribution in [1.82, 2.24) is 19.0 Å². The molecular formula is C27H42N4O5S. The molecule has 1 aromatic rings. The zero-order valence-corrected chi connectivity index (χ0v) is 23.3. The summed E-state index contributed by atoms with van der Waals surface area (Å²) in [7, 11) is -2.09. The van der Waals surface area contributed by atoms with Crippen LogP contribution in [0.1, 0.15) is 36.8 Å². The van der Waals surface area contributed by atoms with Crippen LogP contribution in [-0.2, 0) is 19.6 Å². The second-order valence-corrected chi connectivity index (χ2v) is 12.9. The Kier molecular flexibility index (Phi) is 8.12. The van der Waals surface area contributed by atoms with Crippen LogP contribution in [0.25, 0.3) is 0 Å². The first kappa shape index (κ1) is 26.9. The molecule has 2 bridgehead atoms. The van der Waals surface area contributed by atoms with Crippen LogP contribution in [0.15, 0.2) is 17.0 Å². The molecule has 37 heavy (non-hydrogen) atoms. The van der Waals surface area contributed by atoms with E-state index in [1.807, 2.05) is 4.90 Å². The number of nitrogens with zero attached hydrogens (tertiary/aromatic N) is 4. The molecule has 10 heteroatoms. The number of piperazine rings is 1. The normalized spacial score (nSPS) is 26.6. The van der Waals surface area contributed by atoms with Gasteiger partial charge in [0.2, 0.25) is 15.9 Å². The molecule has 6 rings (SSSR count). The molecule has 1 aliphatic carbocycles. The van der Waals surface area contributed by atoms with Crippen LogP contribution in [0.3, 0.4) is 0 Å². The summed E-state index contributed by atoms with van der Waals surface area (Å²) in [4.78, 5) is 20.2. The molecule has 1 aromatic carbocycles. The van der Waals surface area contributed by atoms with Crippen LogP contribution in [0.2, 0.25) is 0 Å². The molecule has 4 heterocycles. The minimum absolute atomic E-state index is 0.00101. The third kappa shape index (κ3) is 5.83. The molecule has 0 aromatic heterocycles. The van der Waals surface area contributed by atoms with Crippen LogP contribution in [0, 0.1) is 19.8 Å². The Bertz CT molecular complexity index is 1050. The second kappa shape index (κ2) is 11.2. The summed E-state index contributed by atoms with van der Waals surface area (Å²) >= 11 is 0. The van der Waals surface area contributed by atoms with E-state index in [9.17, 15) is 13.2 Å². The summed E-state index contributed by atoms with van der Waals surface area (Å²) in [6.45, 7) is 11.1. The minimum Gasteiger partial charge on any atom is -0.497 e. The standard InChI is InChI=1S/C27H42N4O5S/c1-20-16-24(35-3)17-21(2)27(20)37(33,34)31(23-4-5-23)14-15-36-19-26(32)30-12-10-29(11-13-30)25-18-28-8-6-22(25)7-9-28/h16-17,22-23,25H,4-15,18-19H2,1-3H3. The number of hydrogen-bond donors (Lipinski definition) is 0. The zero-order valence-electron chi connectivity index (χ0n) is 22.5. The third-order valence-corrected chi connectivity index (χ3v) is 10.9. The molecule has 9 nitrogen and oxygen atoms in total. The van der Waals surface area contributed by atoms with Crippen molar-refractivity contribution in [2.24, 2.45) is 5.92 Å². The predicted molar refractivity (Wildman–Crippen MR) is 141 cm³/mol. The summed E-state index contributed by atoms with van der Waals surface area (Å²) in [5.74, 6) is 1.46. The van der Waals surface area contributed by atoms with Crippen LogP contribution in [0.5, 0.6) is 5.75 Å².